The van der Waals surface area contributed by atoms with Gasteiger partial charge in [-0.3, -0.25) is 9.48 Å². The van der Waals surface area contributed by atoms with Gasteiger partial charge >= 0.3 is 0 Å². The molecule has 0 unspecified atom stereocenters. The molecule has 1 aromatic carbocycles. The highest BCUT2D eigenvalue weighted by Crippen LogP contribution is 2.35. The molecule has 134 valence electrons. The lowest BCUT2D eigenvalue weighted by Gasteiger charge is -2.18. The molecule has 1 aliphatic heterocycles. The zero-order valence-corrected chi connectivity index (χ0v) is 15.4. The van der Waals surface area contributed by atoms with Crippen LogP contribution in [0.2, 0.25) is 0 Å². The SMILES string of the molecule is C=CCn1c(=NC(=O)c2c(C)cnn2C)sc2cc3c(cc21)OCCO3. The maximum Gasteiger partial charge on any atom is 0.298 e. The quantitative estimate of drug-likeness (QED) is 0.664. The second kappa shape index (κ2) is 6.45. The summed E-state index contributed by atoms with van der Waals surface area (Å²) in [7, 11) is 1.74. The van der Waals surface area contributed by atoms with Gasteiger partial charge in [-0.05, 0) is 6.92 Å². The smallest absolute Gasteiger partial charge is 0.298 e. The molecule has 3 heterocycles. The van der Waals surface area contributed by atoms with Crippen molar-refractivity contribution in [1.82, 2.24) is 14.3 Å². The summed E-state index contributed by atoms with van der Waals surface area (Å²) in [5.41, 5.74) is 2.22. The Morgan fingerprint density at radius 1 is 1.38 bits per heavy atom. The van der Waals surface area contributed by atoms with Crippen molar-refractivity contribution in [3.63, 3.8) is 0 Å². The van der Waals surface area contributed by atoms with Crippen LogP contribution in [0.25, 0.3) is 10.2 Å². The number of hydrogen-bond acceptors (Lipinski definition) is 5. The Hall–Kier alpha value is -2.87. The first kappa shape index (κ1) is 16.6. The van der Waals surface area contributed by atoms with Gasteiger partial charge in [-0.1, -0.05) is 17.4 Å². The van der Waals surface area contributed by atoms with Crippen LogP contribution in [-0.2, 0) is 13.6 Å². The zero-order chi connectivity index (χ0) is 18.3. The van der Waals surface area contributed by atoms with Crippen LogP contribution in [0.4, 0.5) is 0 Å². The largest absolute Gasteiger partial charge is 0.486 e. The summed E-state index contributed by atoms with van der Waals surface area (Å²) in [6.07, 6.45) is 3.44. The van der Waals surface area contributed by atoms with E-state index in [1.807, 2.05) is 23.6 Å². The molecule has 0 N–H and O–H groups in total. The van der Waals surface area contributed by atoms with Gasteiger partial charge in [-0.15, -0.1) is 6.58 Å². The summed E-state index contributed by atoms with van der Waals surface area (Å²) in [5, 5.41) is 4.12. The Bertz CT molecular complexity index is 1070. The third kappa shape index (κ3) is 2.72. The molecule has 26 heavy (non-hydrogen) atoms. The van der Waals surface area contributed by atoms with Crippen molar-refractivity contribution in [3.05, 3.63) is 47.0 Å². The number of ether oxygens (including phenoxy) is 2. The Labute approximate surface area is 153 Å². The molecular formula is C18H18N4O3S. The number of aryl methyl sites for hydroxylation is 2. The van der Waals surface area contributed by atoms with Crippen molar-refractivity contribution in [2.24, 2.45) is 12.0 Å². The van der Waals surface area contributed by atoms with Crippen LogP contribution in [0.5, 0.6) is 11.5 Å². The fourth-order valence-electron chi connectivity index (χ4n) is 2.99. The number of aromatic nitrogens is 3. The van der Waals surface area contributed by atoms with E-state index in [9.17, 15) is 4.79 Å². The number of carbonyl (C=O) groups is 1. The van der Waals surface area contributed by atoms with Crippen LogP contribution in [-0.4, -0.2) is 33.5 Å². The Balaban J connectivity index is 1.90. The molecule has 2 aromatic heterocycles. The van der Waals surface area contributed by atoms with Crippen LogP contribution in [0, 0.1) is 6.92 Å². The van der Waals surface area contributed by atoms with E-state index >= 15 is 0 Å². The average molecular weight is 370 g/mol. The number of thiazole rings is 1. The van der Waals surface area contributed by atoms with Crippen molar-refractivity contribution in [2.75, 3.05) is 13.2 Å². The molecule has 0 saturated carbocycles. The van der Waals surface area contributed by atoms with Gasteiger partial charge < -0.3 is 14.0 Å². The first-order chi connectivity index (χ1) is 12.6. The van der Waals surface area contributed by atoms with Gasteiger partial charge in [0.2, 0.25) is 0 Å². The standard InChI is InChI=1S/C18H18N4O3S/c1-4-5-22-12-8-13-14(25-7-6-24-13)9-15(12)26-18(22)20-17(23)16-11(2)10-19-21(16)3/h4,8-10H,1,5-7H2,2-3H3. The van der Waals surface area contributed by atoms with E-state index in [0.29, 0.717) is 36.0 Å². The molecule has 0 spiro atoms. The molecule has 1 aliphatic rings. The van der Waals surface area contributed by atoms with Crippen LogP contribution in [0.1, 0.15) is 16.1 Å². The minimum absolute atomic E-state index is 0.316. The number of allylic oxidation sites excluding steroid dienone is 1. The molecule has 8 heteroatoms. The zero-order valence-electron chi connectivity index (χ0n) is 14.6. The van der Waals surface area contributed by atoms with Crippen molar-refractivity contribution < 1.29 is 14.3 Å². The summed E-state index contributed by atoms with van der Waals surface area (Å²) >= 11 is 1.44. The second-order valence-corrected chi connectivity index (χ2v) is 6.97. The van der Waals surface area contributed by atoms with Gasteiger partial charge in [0.1, 0.15) is 18.9 Å². The Kier molecular flexibility index (Phi) is 4.12. The molecule has 3 aromatic rings. The molecule has 0 aliphatic carbocycles. The van der Waals surface area contributed by atoms with E-state index in [4.69, 9.17) is 9.47 Å². The van der Waals surface area contributed by atoms with E-state index in [-0.39, 0.29) is 5.91 Å². The number of benzene rings is 1. The third-order valence-electron chi connectivity index (χ3n) is 4.18. The highest BCUT2D eigenvalue weighted by Gasteiger charge is 2.18. The first-order valence-corrected chi connectivity index (χ1v) is 9.01. The highest BCUT2D eigenvalue weighted by molar-refractivity contribution is 7.16. The van der Waals surface area contributed by atoms with Gasteiger partial charge in [0.15, 0.2) is 16.3 Å². The summed E-state index contributed by atoms with van der Waals surface area (Å²) in [5.74, 6) is 1.11. The number of fused-ring (bicyclic) bond motifs is 2. The van der Waals surface area contributed by atoms with Crippen LogP contribution in [0.3, 0.4) is 0 Å². The number of carbonyl (C=O) groups excluding carboxylic acids is 1. The maximum atomic E-state index is 12.7. The summed E-state index contributed by atoms with van der Waals surface area (Å²) in [4.78, 5) is 17.7. The lowest BCUT2D eigenvalue weighted by atomic mass is 10.2. The second-order valence-electron chi connectivity index (χ2n) is 5.96. The van der Waals surface area contributed by atoms with Gasteiger partial charge in [0.25, 0.3) is 5.91 Å². The number of nitrogens with zero attached hydrogens (tertiary/aromatic N) is 4. The van der Waals surface area contributed by atoms with E-state index in [1.165, 1.54) is 11.3 Å². The number of hydrogen-bond donors (Lipinski definition) is 0. The molecular weight excluding hydrogens is 352 g/mol. The summed E-state index contributed by atoms with van der Waals surface area (Å²) in [6, 6.07) is 3.87. The fourth-order valence-corrected chi connectivity index (χ4v) is 4.04. The minimum atomic E-state index is -0.316. The van der Waals surface area contributed by atoms with Crippen molar-refractivity contribution >= 4 is 27.5 Å². The fraction of sp³-hybridized carbons (Fsp3) is 0.278. The third-order valence-corrected chi connectivity index (χ3v) is 5.22. The summed E-state index contributed by atoms with van der Waals surface area (Å²) in [6.45, 7) is 7.26. The predicted molar refractivity (Wildman–Crippen MR) is 98.8 cm³/mol. The average Bonchev–Trinajstić information content (AvgIpc) is 3.13. The van der Waals surface area contributed by atoms with Gasteiger partial charge in [-0.2, -0.15) is 10.1 Å². The van der Waals surface area contributed by atoms with Gasteiger partial charge in [-0.25, -0.2) is 0 Å². The van der Waals surface area contributed by atoms with Crippen molar-refractivity contribution in [3.8, 4) is 11.5 Å². The Morgan fingerprint density at radius 3 is 2.77 bits per heavy atom. The molecule has 1 amide bonds. The topological polar surface area (TPSA) is 70.6 Å². The van der Waals surface area contributed by atoms with Crippen LogP contribution in [0.15, 0.2) is 36.0 Å². The molecule has 7 nitrogen and oxygen atoms in total. The van der Waals surface area contributed by atoms with Gasteiger partial charge in [0, 0.05) is 31.3 Å². The van der Waals surface area contributed by atoms with E-state index in [2.05, 4.69) is 16.7 Å². The Morgan fingerprint density at radius 2 is 2.12 bits per heavy atom. The monoisotopic (exact) mass is 370 g/mol. The lowest BCUT2D eigenvalue weighted by Crippen LogP contribution is -2.18. The highest BCUT2D eigenvalue weighted by atomic mass is 32.1. The van der Waals surface area contributed by atoms with Gasteiger partial charge in [0.05, 0.1) is 16.4 Å². The van der Waals surface area contributed by atoms with Crippen molar-refractivity contribution in [1.29, 1.82) is 0 Å². The molecule has 4 rings (SSSR count). The molecule has 0 bridgehead atoms. The molecule has 0 atom stereocenters. The first-order valence-electron chi connectivity index (χ1n) is 8.20. The number of rotatable bonds is 3. The van der Waals surface area contributed by atoms with Crippen molar-refractivity contribution in [2.45, 2.75) is 13.5 Å². The summed E-state index contributed by atoms with van der Waals surface area (Å²) < 4.78 is 15.8. The van der Waals surface area contributed by atoms with E-state index in [1.54, 1.807) is 24.0 Å². The number of amides is 1. The minimum Gasteiger partial charge on any atom is -0.486 e. The predicted octanol–water partition coefficient (Wildman–Crippen LogP) is 2.44. The van der Waals surface area contributed by atoms with E-state index < -0.39 is 0 Å². The maximum absolute atomic E-state index is 12.7. The molecule has 0 fully saturated rings. The van der Waals surface area contributed by atoms with Crippen LogP contribution >= 0.6 is 11.3 Å². The molecule has 0 saturated heterocycles. The van der Waals surface area contributed by atoms with Crippen LogP contribution < -0.4 is 14.3 Å². The van der Waals surface area contributed by atoms with E-state index in [0.717, 1.165) is 21.5 Å². The molecule has 0 radical (unpaired) electrons. The normalized spacial score (nSPS) is 14.0. The lowest BCUT2D eigenvalue weighted by molar-refractivity contribution is 0.0988.